The van der Waals surface area contributed by atoms with Crippen molar-refractivity contribution in [3.05, 3.63) is 0 Å². The molecule has 0 spiro atoms. The van der Waals surface area contributed by atoms with Gasteiger partial charge in [0.2, 0.25) is 0 Å². The number of ether oxygens (including phenoxy) is 1. The minimum atomic E-state index is -1.36. The van der Waals surface area contributed by atoms with Crippen LogP contribution in [0.1, 0.15) is 20.3 Å². The van der Waals surface area contributed by atoms with Crippen molar-refractivity contribution in [2.24, 2.45) is 5.92 Å². The molecule has 92 valence electrons. The van der Waals surface area contributed by atoms with Crippen LogP contribution >= 0.6 is 11.8 Å². The fraction of sp³-hybridized carbons (Fsp3) is 1.00. The van der Waals surface area contributed by atoms with Crippen LogP contribution in [-0.2, 0) is 14.0 Å². The van der Waals surface area contributed by atoms with Crippen LogP contribution in [0.2, 0.25) is 0 Å². The Morgan fingerprint density at radius 3 is 2.62 bits per heavy atom. The Balaban J connectivity index is 2.99. The molecule has 4 nitrogen and oxygen atoms in total. The smallest absolute Gasteiger partial charge is 0.457 e. The van der Waals surface area contributed by atoms with Gasteiger partial charge in [-0.05, 0) is 18.1 Å². The van der Waals surface area contributed by atoms with E-state index in [4.69, 9.17) is 14.4 Å². The summed E-state index contributed by atoms with van der Waals surface area (Å²) in [5.74, 6) is 2.93. The molecule has 0 aliphatic rings. The molecule has 0 fully saturated rings. The Bertz CT molecular complexity index is 151. The minimum Gasteiger partial charge on any atom is -0.457 e. The van der Waals surface area contributed by atoms with Crippen LogP contribution < -0.4 is 0 Å². The van der Waals surface area contributed by atoms with E-state index in [0.717, 1.165) is 11.7 Å². The van der Waals surface area contributed by atoms with Crippen LogP contribution in [0.15, 0.2) is 0 Å². The van der Waals surface area contributed by atoms with Gasteiger partial charge >= 0.3 is 7.32 Å². The molecule has 0 saturated heterocycles. The summed E-state index contributed by atoms with van der Waals surface area (Å²) in [7, 11) is 3.32. The highest BCUT2D eigenvalue weighted by Gasteiger charge is 2.10. The number of rotatable bonds is 11. The van der Waals surface area contributed by atoms with Crippen molar-refractivity contribution in [2.75, 3.05) is 31.3 Å². The first-order valence-electron chi connectivity index (χ1n) is 5.47. The summed E-state index contributed by atoms with van der Waals surface area (Å²) >= 11 is 1.89. The van der Waals surface area contributed by atoms with E-state index in [-0.39, 0.29) is 6.61 Å². The summed E-state index contributed by atoms with van der Waals surface area (Å²) in [5.41, 5.74) is 0. The Labute approximate surface area is 104 Å². The van der Waals surface area contributed by atoms with Crippen molar-refractivity contribution in [1.82, 2.24) is 0 Å². The zero-order valence-electron chi connectivity index (χ0n) is 10.1. The van der Waals surface area contributed by atoms with Crippen molar-refractivity contribution in [3.63, 3.8) is 0 Å². The highest BCUT2D eigenvalue weighted by molar-refractivity contribution is 7.99. The minimum absolute atomic E-state index is 0.273. The molecule has 0 heterocycles. The SMILES string of the molecule is [B]OB(O)OCCOCCSCCC(C)C. The van der Waals surface area contributed by atoms with E-state index in [1.807, 2.05) is 11.8 Å². The molecular weight excluding hydrogens is 226 g/mol. The lowest BCUT2D eigenvalue weighted by molar-refractivity contribution is 0.0910. The van der Waals surface area contributed by atoms with E-state index in [2.05, 4.69) is 26.5 Å². The van der Waals surface area contributed by atoms with E-state index in [9.17, 15) is 0 Å². The Hall–Kier alpha value is 0.320. The number of thioether (sulfide) groups is 1. The van der Waals surface area contributed by atoms with Crippen LogP contribution in [0.4, 0.5) is 0 Å². The summed E-state index contributed by atoms with van der Waals surface area (Å²) in [6, 6.07) is 0. The average Bonchev–Trinajstić information content (AvgIpc) is 2.26. The molecule has 2 radical (unpaired) electrons. The van der Waals surface area contributed by atoms with Gasteiger partial charge in [-0.25, -0.2) is 0 Å². The Morgan fingerprint density at radius 1 is 1.25 bits per heavy atom. The lowest BCUT2D eigenvalue weighted by Gasteiger charge is -2.07. The van der Waals surface area contributed by atoms with Gasteiger partial charge in [-0.15, -0.1) is 0 Å². The molecule has 0 saturated carbocycles. The van der Waals surface area contributed by atoms with Crippen LogP contribution in [0, 0.1) is 5.92 Å². The largest absolute Gasteiger partial charge is 0.620 e. The van der Waals surface area contributed by atoms with Gasteiger partial charge in [-0.3, -0.25) is 0 Å². The van der Waals surface area contributed by atoms with Gasteiger partial charge < -0.3 is 19.0 Å². The molecule has 0 aromatic heterocycles. The topological polar surface area (TPSA) is 47.9 Å². The van der Waals surface area contributed by atoms with Crippen LogP contribution in [0.5, 0.6) is 0 Å². The Morgan fingerprint density at radius 2 is 2.00 bits per heavy atom. The molecule has 0 unspecified atom stereocenters. The molecular formula is C9H20B2O4S. The normalized spacial score (nSPS) is 11.0. The van der Waals surface area contributed by atoms with E-state index in [1.54, 1.807) is 0 Å². The Kier molecular flexibility index (Phi) is 12.0. The van der Waals surface area contributed by atoms with Gasteiger partial charge in [0.1, 0.15) is 0 Å². The molecule has 0 aromatic rings. The molecule has 0 bridgehead atoms. The van der Waals surface area contributed by atoms with Gasteiger partial charge in [0.15, 0.2) is 0 Å². The van der Waals surface area contributed by atoms with Crippen molar-refractivity contribution in [3.8, 4) is 0 Å². The van der Waals surface area contributed by atoms with Gasteiger partial charge in [0.05, 0.1) is 19.8 Å². The third-order valence-electron chi connectivity index (χ3n) is 1.82. The maximum absolute atomic E-state index is 8.75. The van der Waals surface area contributed by atoms with Crippen LogP contribution in [-0.4, -0.2) is 51.7 Å². The van der Waals surface area contributed by atoms with Crippen molar-refractivity contribution in [1.29, 1.82) is 0 Å². The lowest BCUT2D eigenvalue weighted by atomic mass is 10.2. The zero-order chi connectivity index (χ0) is 12.2. The molecule has 0 aliphatic heterocycles. The predicted molar refractivity (Wildman–Crippen MR) is 68.4 cm³/mol. The van der Waals surface area contributed by atoms with E-state index >= 15 is 0 Å². The molecule has 0 amide bonds. The summed E-state index contributed by atoms with van der Waals surface area (Å²) in [6.45, 7) is 5.85. The lowest BCUT2D eigenvalue weighted by Crippen LogP contribution is -2.23. The second-order valence-corrected chi connectivity index (χ2v) is 4.95. The molecule has 1 N–H and O–H groups in total. The third-order valence-corrected chi connectivity index (χ3v) is 2.80. The van der Waals surface area contributed by atoms with Gasteiger partial charge in [-0.2, -0.15) is 11.8 Å². The van der Waals surface area contributed by atoms with Crippen molar-refractivity contribution in [2.45, 2.75) is 20.3 Å². The average molecular weight is 246 g/mol. The maximum Gasteiger partial charge on any atom is 0.620 e. The zero-order valence-corrected chi connectivity index (χ0v) is 10.9. The standard InChI is InChI=1S/C9H20B2O4S/c1-9(2)3-7-16-8-6-13-4-5-14-11(12)15-10/h9,12H,3-8H2,1-2H3. The second kappa shape index (κ2) is 11.8. The fourth-order valence-corrected chi connectivity index (χ4v) is 1.97. The highest BCUT2D eigenvalue weighted by atomic mass is 32.2. The van der Waals surface area contributed by atoms with Crippen molar-refractivity contribution >= 4 is 27.1 Å². The maximum atomic E-state index is 8.75. The highest BCUT2D eigenvalue weighted by Crippen LogP contribution is 2.08. The van der Waals surface area contributed by atoms with E-state index in [0.29, 0.717) is 13.2 Å². The molecule has 0 rings (SSSR count). The quantitative estimate of drug-likeness (QED) is 0.433. The number of hydrogen-bond acceptors (Lipinski definition) is 5. The van der Waals surface area contributed by atoms with Crippen LogP contribution in [0.3, 0.4) is 0 Å². The second-order valence-electron chi connectivity index (χ2n) is 3.72. The van der Waals surface area contributed by atoms with Gasteiger partial charge in [0, 0.05) is 5.75 Å². The molecule has 0 aromatic carbocycles. The molecule has 7 heteroatoms. The van der Waals surface area contributed by atoms with Crippen LogP contribution in [0.25, 0.3) is 0 Å². The third kappa shape index (κ3) is 12.4. The van der Waals surface area contributed by atoms with E-state index < -0.39 is 7.32 Å². The van der Waals surface area contributed by atoms with E-state index in [1.165, 1.54) is 12.2 Å². The summed E-state index contributed by atoms with van der Waals surface area (Å²) in [6.07, 6.45) is 1.24. The molecule has 16 heavy (non-hydrogen) atoms. The monoisotopic (exact) mass is 246 g/mol. The summed E-state index contributed by atoms with van der Waals surface area (Å²) in [5, 5.41) is 8.75. The fourth-order valence-electron chi connectivity index (χ4n) is 0.888. The summed E-state index contributed by atoms with van der Waals surface area (Å²) in [4.78, 5) is 0. The van der Waals surface area contributed by atoms with Gasteiger partial charge in [-0.1, -0.05) is 13.8 Å². The van der Waals surface area contributed by atoms with Crippen molar-refractivity contribution < 1.29 is 19.0 Å². The molecule has 0 aliphatic carbocycles. The number of hydrogen-bond donors (Lipinski definition) is 1. The first kappa shape index (κ1) is 16.3. The summed E-state index contributed by atoms with van der Waals surface area (Å²) < 4.78 is 14.0. The first-order chi connectivity index (χ1) is 7.66. The van der Waals surface area contributed by atoms with Gasteiger partial charge in [0.25, 0.3) is 8.05 Å². The predicted octanol–water partition coefficient (Wildman–Crippen LogP) is 0.876. The first-order valence-corrected chi connectivity index (χ1v) is 6.63. The molecule has 0 atom stereocenters.